The van der Waals surface area contributed by atoms with Crippen molar-refractivity contribution in [3.63, 3.8) is 0 Å². The number of aromatic nitrogens is 3. The number of alkyl halides is 3. The third-order valence-corrected chi connectivity index (χ3v) is 5.59. The van der Waals surface area contributed by atoms with Crippen molar-refractivity contribution in [2.24, 2.45) is 0 Å². The SMILES string of the molecule is O=c1c2cc(OS(=O)(=O)C(F)(F)F)c(-c3cnco3)cc2ncn1Cc1ccc(Cl)cc1. The van der Waals surface area contributed by atoms with Gasteiger partial charge in [0.1, 0.15) is 0 Å². The summed E-state index contributed by atoms with van der Waals surface area (Å²) in [5, 5.41) is 0.349. The van der Waals surface area contributed by atoms with E-state index >= 15 is 0 Å². The molecule has 4 rings (SSSR count). The largest absolute Gasteiger partial charge is 0.534 e. The van der Waals surface area contributed by atoms with Crippen LogP contribution in [-0.2, 0) is 16.7 Å². The highest BCUT2D eigenvalue weighted by Gasteiger charge is 2.49. The molecule has 13 heteroatoms. The average Bonchev–Trinajstić information content (AvgIpc) is 3.25. The lowest BCUT2D eigenvalue weighted by molar-refractivity contribution is -0.0499. The highest BCUT2D eigenvalue weighted by molar-refractivity contribution is 7.88. The molecule has 8 nitrogen and oxygen atoms in total. The van der Waals surface area contributed by atoms with Crippen molar-refractivity contribution in [1.82, 2.24) is 14.5 Å². The first-order valence-electron chi connectivity index (χ1n) is 8.72. The normalized spacial score (nSPS) is 12.2. The van der Waals surface area contributed by atoms with Crippen LogP contribution in [0.25, 0.3) is 22.2 Å². The van der Waals surface area contributed by atoms with Gasteiger partial charge in [-0.3, -0.25) is 9.36 Å². The van der Waals surface area contributed by atoms with Gasteiger partial charge in [0.05, 0.1) is 35.5 Å². The summed E-state index contributed by atoms with van der Waals surface area (Å²) in [6, 6.07) is 8.71. The Morgan fingerprint density at radius 3 is 2.50 bits per heavy atom. The Morgan fingerprint density at radius 2 is 1.88 bits per heavy atom. The summed E-state index contributed by atoms with van der Waals surface area (Å²) >= 11 is 5.85. The van der Waals surface area contributed by atoms with Crippen molar-refractivity contribution < 1.29 is 30.2 Å². The molecular weight excluding hydrogens is 475 g/mol. The highest BCUT2D eigenvalue weighted by atomic mass is 35.5. The molecule has 32 heavy (non-hydrogen) atoms. The van der Waals surface area contributed by atoms with E-state index in [1.54, 1.807) is 24.3 Å². The molecule has 0 aliphatic rings. The Kier molecular flexibility index (Phi) is 5.42. The van der Waals surface area contributed by atoms with Crippen molar-refractivity contribution in [2.45, 2.75) is 12.1 Å². The zero-order valence-electron chi connectivity index (χ0n) is 15.7. The summed E-state index contributed by atoms with van der Waals surface area (Å²) < 4.78 is 72.4. The van der Waals surface area contributed by atoms with Crippen LogP contribution in [0.4, 0.5) is 13.2 Å². The maximum atomic E-state index is 12.9. The molecule has 0 N–H and O–H groups in total. The number of benzene rings is 2. The molecule has 0 saturated heterocycles. The van der Waals surface area contributed by atoms with Crippen LogP contribution in [0.15, 0.2) is 64.5 Å². The molecule has 0 spiro atoms. The molecule has 0 unspecified atom stereocenters. The number of hydrogen-bond donors (Lipinski definition) is 0. The average molecular weight is 486 g/mol. The van der Waals surface area contributed by atoms with Gasteiger partial charge in [-0.15, -0.1) is 0 Å². The molecule has 0 aliphatic carbocycles. The van der Waals surface area contributed by atoms with Gasteiger partial charge in [-0.05, 0) is 29.8 Å². The van der Waals surface area contributed by atoms with Gasteiger partial charge < -0.3 is 8.60 Å². The molecule has 2 aromatic carbocycles. The monoisotopic (exact) mass is 485 g/mol. The molecule has 0 fully saturated rings. The van der Waals surface area contributed by atoms with E-state index in [0.717, 1.165) is 18.7 Å². The summed E-state index contributed by atoms with van der Waals surface area (Å²) in [6.45, 7) is 0.0971. The quantitative estimate of drug-likeness (QED) is 0.311. The maximum Gasteiger partial charge on any atom is 0.534 e. The number of nitrogens with zero attached hydrogens (tertiary/aromatic N) is 3. The van der Waals surface area contributed by atoms with Gasteiger partial charge in [-0.2, -0.15) is 21.6 Å². The minimum Gasteiger partial charge on any atom is -0.443 e. The van der Waals surface area contributed by atoms with Crippen molar-refractivity contribution in [3.8, 4) is 17.1 Å². The molecule has 0 atom stereocenters. The third kappa shape index (κ3) is 4.18. The zero-order chi connectivity index (χ0) is 23.1. The number of halogens is 4. The zero-order valence-corrected chi connectivity index (χ0v) is 17.3. The van der Waals surface area contributed by atoms with E-state index < -0.39 is 26.9 Å². The second kappa shape index (κ2) is 7.95. The first-order chi connectivity index (χ1) is 15.0. The molecular formula is C19H11ClF3N3O5S. The Bertz CT molecular complexity index is 1450. The van der Waals surface area contributed by atoms with E-state index in [1.165, 1.54) is 17.0 Å². The van der Waals surface area contributed by atoms with E-state index in [0.29, 0.717) is 10.6 Å². The standard InChI is InChI=1S/C19H11ClF3N3O5S/c20-12-3-1-11(2-4-12)8-26-9-25-15-5-14(17-7-24-10-30-17)16(6-13(15)18(26)27)31-32(28,29)19(21,22)23/h1-7,9-10H,8H2. The number of rotatable bonds is 5. The Balaban J connectivity index is 1.86. The number of hydrogen-bond acceptors (Lipinski definition) is 7. The summed E-state index contributed by atoms with van der Waals surface area (Å²) in [5.74, 6) is -0.832. The molecule has 0 aliphatic heterocycles. The van der Waals surface area contributed by atoms with Crippen LogP contribution in [0.2, 0.25) is 5.02 Å². The minimum absolute atomic E-state index is 0.0774. The van der Waals surface area contributed by atoms with E-state index in [2.05, 4.69) is 14.2 Å². The van der Waals surface area contributed by atoms with Gasteiger partial charge in [0.2, 0.25) is 0 Å². The van der Waals surface area contributed by atoms with Gasteiger partial charge in [0, 0.05) is 5.02 Å². The van der Waals surface area contributed by atoms with Crippen molar-refractivity contribution in [3.05, 3.63) is 76.3 Å². The molecule has 0 radical (unpaired) electrons. The van der Waals surface area contributed by atoms with Gasteiger partial charge in [0.15, 0.2) is 17.9 Å². The predicted molar refractivity (Wildman–Crippen MR) is 108 cm³/mol. The fourth-order valence-corrected chi connectivity index (χ4v) is 3.46. The molecule has 0 bridgehead atoms. The summed E-state index contributed by atoms with van der Waals surface area (Å²) in [6.07, 6.45) is 3.41. The van der Waals surface area contributed by atoms with Crippen LogP contribution in [-0.4, -0.2) is 28.5 Å². The molecule has 4 aromatic rings. The highest BCUT2D eigenvalue weighted by Crippen LogP contribution is 2.36. The maximum absolute atomic E-state index is 12.9. The van der Waals surface area contributed by atoms with E-state index in [9.17, 15) is 26.4 Å². The van der Waals surface area contributed by atoms with E-state index in [-0.39, 0.29) is 28.8 Å². The predicted octanol–water partition coefficient (Wildman–Crippen LogP) is 3.98. The fraction of sp³-hybridized carbons (Fsp3) is 0.105. The van der Waals surface area contributed by atoms with Crippen molar-refractivity contribution in [2.75, 3.05) is 0 Å². The Hall–Kier alpha value is -3.38. The molecule has 166 valence electrons. The lowest BCUT2D eigenvalue weighted by Gasteiger charge is -2.13. The van der Waals surface area contributed by atoms with Crippen LogP contribution in [0.1, 0.15) is 5.56 Å². The van der Waals surface area contributed by atoms with E-state index in [1.807, 2.05) is 0 Å². The first-order valence-corrected chi connectivity index (χ1v) is 10.5. The van der Waals surface area contributed by atoms with Crippen molar-refractivity contribution >= 4 is 32.6 Å². The summed E-state index contributed by atoms with van der Waals surface area (Å²) in [5.41, 5.74) is -5.67. The second-order valence-electron chi connectivity index (χ2n) is 6.52. The minimum atomic E-state index is -6.01. The Morgan fingerprint density at radius 1 is 1.16 bits per heavy atom. The van der Waals surface area contributed by atoms with Gasteiger partial charge in [-0.1, -0.05) is 23.7 Å². The Labute approximate surface area is 183 Å². The van der Waals surface area contributed by atoms with Crippen LogP contribution in [0.5, 0.6) is 5.75 Å². The number of oxazole rings is 1. The van der Waals surface area contributed by atoms with Gasteiger partial charge in [0.25, 0.3) is 5.56 Å². The van der Waals surface area contributed by atoms with Crippen LogP contribution >= 0.6 is 11.6 Å². The summed E-state index contributed by atoms with van der Waals surface area (Å²) in [4.78, 5) is 20.8. The van der Waals surface area contributed by atoms with Crippen LogP contribution < -0.4 is 9.74 Å². The number of fused-ring (bicyclic) bond motifs is 1. The summed E-state index contributed by atoms with van der Waals surface area (Å²) in [7, 11) is -6.01. The molecule has 0 saturated carbocycles. The third-order valence-electron chi connectivity index (χ3n) is 4.37. The topological polar surface area (TPSA) is 104 Å². The molecule has 0 amide bonds. The smallest absolute Gasteiger partial charge is 0.443 e. The molecule has 2 aromatic heterocycles. The fourth-order valence-electron chi connectivity index (χ4n) is 2.86. The van der Waals surface area contributed by atoms with E-state index in [4.69, 9.17) is 16.0 Å². The first kappa shape index (κ1) is 21.8. The lowest BCUT2D eigenvalue weighted by atomic mass is 10.1. The van der Waals surface area contributed by atoms with Crippen molar-refractivity contribution in [1.29, 1.82) is 0 Å². The lowest BCUT2D eigenvalue weighted by Crippen LogP contribution is -2.28. The second-order valence-corrected chi connectivity index (χ2v) is 8.49. The van der Waals surface area contributed by atoms with Gasteiger partial charge in [-0.25, -0.2) is 9.97 Å². The van der Waals surface area contributed by atoms with Crippen LogP contribution in [0, 0.1) is 0 Å². The van der Waals surface area contributed by atoms with Gasteiger partial charge >= 0.3 is 15.6 Å². The molecule has 2 heterocycles. The van der Waals surface area contributed by atoms with Crippen LogP contribution in [0.3, 0.4) is 0 Å².